The van der Waals surface area contributed by atoms with E-state index in [1.165, 1.54) is 18.2 Å². The van der Waals surface area contributed by atoms with Gasteiger partial charge in [0.1, 0.15) is 23.3 Å². The standard InChI is InChI=1S/C27H24ClF2N7O2/c1-5-35-25(38)21-24(37-13-27(3,4)33-26(35)37)36(12-15-6-8-20(30)18(28)10-15)22(32-21)16-7-9-19(29)17(11-16)23-31-14(2)34-39-23/h6-11H,5,12-13H2,1-4H3. The van der Waals surface area contributed by atoms with Crippen molar-refractivity contribution < 1.29 is 18.1 Å². The molecule has 6 rings (SSSR count). The molecular weight excluding hydrogens is 528 g/mol. The molecule has 2 aliphatic rings. The fraction of sp³-hybridized carbons (Fsp3) is 0.296. The normalized spacial score (nSPS) is 16.0. The third-order valence-corrected chi connectivity index (χ3v) is 6.99. The molecule has 4 heterocycles. The van der Waals surface area contributed by atoms with Crippen molar-refractivity contribution in [1.82, 2.24) is 24.6 Å². The quantitative estimate of drug-likeness (QED) is 0.333. The first-order valence-electron chi connectivity index (χ1n) is 12.4. The minimum absolute atomic E-state index is 0.0170. The lowest BCUT2D eigenvalue weighted by Gasteiger charge is -2.34. The Morgan fingerprint density at radius 3 is 2.56 bits per heavy atom. The number of imidazole rings is 1. The van der Waals surface area contributed by atoms with Gasteiger partial charge in [-0.3, -0.25) is 14.6 Å². The zero-order chi connectivity index (χ0) is 27.6. The molecule has 39 heavy (non-hydrogen) atoms. The second-order valence-electron chi connectivity index (χ2n) is 10.1. The van der Waals surface area contributed by atoms with E-state index < -0.39 is 17.2 Å². The van der Waals surface area contributed by atoms with E-state index >= 15 is 0 Å². The van der Waals surface area contributed by atoms with Crippen LogP contribution in [0.4, 0.5) is 14.6 Å². The largest absolute Gasteiger partial charge is 0.334 e. The molecule has 1 amide bonds. The highest BCUT2D eigenvalue weighted by Gasteiger charge is 2.45. The first-order valence-corrected chi connectivity index (χ1v) is 12.8. The van der Waals surface area contributed by atoms with Gasteiger partial charge in [0.25, 0.3) is 11.8 Å². The smallest absolute Gasteiger partial charge is 0.283 e. The van der Waals surface area contributed by atoms with Crippen LogP contribution < -0.4 is 4.90 Å². The summed E-state index contributed by atoms with van der Waals surface area (Å²) in [6.07, 6.45) is 0. The maximum Gasteiger partial charge on any atom is 0.283 e. The van der Waals surface area contributed by atoms with E-state index in [0.29, 0.717) is 47.6 Å². The van der Waals surface area contributed by atoms with Gasteiger partial charge in [-0.1, -0.05) is 22.8 Å². The van der Waals surface area contributed by atoms with E-state index in [1.807, 2.05) is 30.2 Å². The van der Waals surface area contributed by atoms with Gasteiger partial charge in [0.15, 0.2) is 11.5 Å². The van der Waals surface area contributed by atoms with Gasteiger partial charge in [-0.25, -0.2) is 18.8 Å². The Hall–Kier alpha value is -4.12. The third kappa shape index (κ3) is 4.17. The van der Waals surface area contributed by atoms with Crippen molar-refractivity contribution in [2.45, 2.75) is 39.8 Å². The zero-order valence-electron chi connectivity index (χ0n) is 21.7. The molecule has 0 spiro atoms. The van der Waals surface area contributed by atoms with Crippen molar-refractivity contribution in [2.24, 2.45) is 4.99 Å². The number of nitrogens with zero attached hydrogens (tertiary/aromatic N) is 7. The number of benzene rings is 2. The summed E-state index contributed by atoms with van der Waals surface area (Å²) in [6.45, 7) is 8.67. The van der Waals surface area contributed by atoms with Gasteiger partial charge >= 0.3 is 0 Å². The highest BCUT2D eigenvalue weighted by atomic mass is 35.5. The fourth-order valence-electron chi connectivity index (χ4n) is 4.99. The van der Waals surface area contributed by atoms with Crippen molar-refractivity contribution in [3.63, 3.8) is 0 Å². The number of aryl methyl sites for hydroxylation is 1. The number of rotatable bonds is 5. The number of amides is 1. The van der Waals surface area contributed by atoms with Gasteiger partial charge < -0.3 is 9.09 Å². The summed E-state index contributed by atoms with van der Waals surface area (Å²) in [4.78, 5) is 31.0. The Labute approximate surface area is 227 Å². The average Bonchev–Trinajstić information content (AvgIpc) is 3.57. The molecule has 0 atom stereocenters. The molecule has 0 radical (unpaired) electrons. The van der Waals surface area contributed by atoms with Gasteiger partial charge in [0.2, 0.25) is 5.96 Å². The minimum atomic E-state index is -0.542. The lowest BCUT2D eigenvalue weighted by molar-refractivity contribution is 0.0841. The van der Waals surface area contributed by atoms with E-state index in [2.05, 4.69) is 10.1 Å². The summed E-state index contributed by atoms with van der Waals surface area (Å²) in [6, 6.07) is 8.90. The second-order valence-corrected chi connectivity index (χ2v) is 10.6. The average molecular weight is 552 g/mol. The first-order chi connectivity index (χ1) is 18.6. The minimum Gasteiger partial charge on any atom is -0.334 e. The van der Waals surface area contributed by atoms with Gasteiger partial charge in [-0.05, 0) is 63.6 Å². The number of hydrogen-bond donors (Lipinski definition) is 0. The molecule has 2 aliphatic heterocycles. The van der Waals surface area contributed by atoms with Gasteiger partial charge in [0, 0.05) is 12.1 Å². The number of aromatic nitrogens is 4. The molecule has 2 aromatic carbocycles. The SMILES string of the molecule is CCN1C(=O)c2nc(-c3ccc(F)c(-c4nc(C)no4)c3)n(Cc3ccc(F)c(Cl)c3)c2N2CC(C)(C)N=C12. The summed E-state index contributed by atoms with van der Waals surface area (Å²) < 4.78 is 35.9. The Balaban J connectivity index is 1.58. The number of anilines is 1. The van der Waals surface area contributed by atoms with E-state index in [-0.39, 0.29) is 34.6 Å². The van der Waals surface area contributed by atoms with Crippen LogP contribution in [0.5, 0.6) is 0 Å². The molecule has 4 aromatic rings. The van der Waals surface area contributed by atoms with E-state index in [1.54, 1.807) is 30.0 Å². The maximum atomic E-state index is 14.9. The number of aliphatic imine (C=N–C) groups is 1. The van der Waals surface area contributed by atoms with Crippen LogP contribution in [0.3, 0.4) is 0 Å². The van der Waals surface area contributed by atoms with Crippen molar-refractivity contribution in [2.75, 3.05) is 18.0 Å². The first kappa shape index (κ1) is 25.2. The summed E-state index contributed by atoms with van der Waals surface area (Å²) in [7, 11) is 0. The summed E-state index contributed by atoms with van der Waals surface area (Å²) >= 11 is 6.09. The number of fused-ring (bicyclic) bond motifs is 3. The highest BCUT2D eigenvalue weighted by molar-refractivity contribution is 6.30. The molecule has 0 N–H and O–H groups in total. The van der Waals surface area contributed by atoms with Crippen LogP contribution in [0.15, 0.2) is 45.9 Å². The van der Waals surface area contributed by atoms with Crippen LogP contribution in [0.25, 0.3) is 22.8 Å². The van der Waals surface area contributed by atoms with E-state index in [9.17, 15) is 13.6 Å². The molecule has 9 nitrogen and oxygen atoms in total. The molecule has 0 saturated heterocycles. The fourth-order valence-corrected chi connectivity index (χ4v) is 5.19. The summed E-state index contributed by atoms with van der Waals surface area (Å²) in [5.74, 6) is 0.559. The second kappa shape index (κ2) is 8.98. The van der Waals surface area contributed by atoms with Crippen LogP contribution in [-0.2, 0) is 6.54 Å². The van der Waals surface area contributed by atoms with Crippen molar-refractivity contribution >= 4 is 29.3 Å². The summed E-state index contributed by atoms with van der Waals surface area (Å²) in [5, 5.41) is 3.75. The maximum absolute atomic E-state index is 14.9. The predicted octanol–water partition coefficient (Wildman–Crippen LogP) is 5.32. The number of guanidine groups is 1. The van der Waals surface area contributed by atoms with Gasteiger partial charge in [0.05, 0.1) is 29.2 Å². The van der Waals surface area contributed by atoms with Crippen molar-refractivity contribution in [3.05, 3.63) is 70.1 Å². The van der Waals surface area contributed by atoms with Gasteiger partial charge in [-0.15, -0.1) is 0 Å². The van der Waals surface area contributed by atoms with Crippen molar-refractivity contribution in [3.8, 4) is 22.8 Å². The zero-order valence-corrected chi connectivity index (χ0v) is 22.4. The number of hydrogen-bond acceptors (Lipinski definition) is 7. The molecule has 0 fully saturated rings. The van der Waals surface area contributed by atoms with E-state index in [4.69, 9.17) is 26.1 Å². The topological polar surface area (TPSA) is 92.7 Å². The number of carbonyl (C=O) groups is 1. The van der Waals surface area contributed by atoms with Crippen LogP contribution in [0, 0.1) is 18.6 Å². The highest BCUT2D eigenvalue weighted by Crippen LogP contribution is 2.39. The van der Waals surface area contributed by atoms with E-state index in [0.717, 1.165) is 0 Å². The van der Waals surface area contributed by atoms with Gasteiger partial charge in [-0.2, -0.15) is 4.98 Å². The molecular formula is C27H24ClF2N7O2. The lowest BCUT2D eigenvalue weighted by atomic mass is 10.1. The molecule has 0 unspecified atom stereocenters. The Morgan fingerprint density at radius 2 is 1.87 bits per heavy atom. The Morgan fingerprint density at radius 1 is 1.10 bits per heavy atom. The van der Waals surface area contributed by atoms with Crippen LogP contribution in [0.2, 0.25) is 5.02 Å². The summed E-state index contributed by atoms with van der Waals surface area (Å²) in [5.41, 5.74) is 1.13. The predicted molar refractivity (Wildman–Crippen MR) is 142 cm³/mol. The van der Waals surface area contributed by atoms with Crippen LogP contribution in [0.1, 0.15) is 42.6 Å². The Bertz CT molecular complexity index is 1680. The Kier molecular flexibility index (Phi) is 5.79. The van der Waals surface area contributed by atoms with Crippen LogP contribution in [-0.4, -0.2) is 55.1 Å². The monoisotopic (exact) mass is 551 g/mol. The van der Waals surface area contributed by atoms with Crippen LogP contribution >= 0.6 is 11.6 Å². The number of halogens is 3. The molecule has 0 aliphatic carbocycles. The number of carbonyl (C=O) groups excluding carboxylic acids is 1. The lowest BCUT2D eigenvalue weighted by Crippen LogP contribution is -2.51. The molecule has 12 heteroatoms. The molecule has 0 bridgehead atoms. The van der Waals surface area contributed by atoms with Crippen molar-refractivity contribution in [1.29, 1.82) is 0 Å². The molecule has 200 valence electrons. The molecule has 0 saturated carbocycles. The molecule has 2 aromatic heterocycles. The third-order valence-electron chi connectivity index (χ3n) is 6.70.